The Morgan fingerprint density at radius 2 is 2.16 bits per heavy atom. The van der Waals surface area contributed by atoms with Gasteiger partial charge in [-0.3, -0.25) is 4.90 Å². The van der Waals surface area contributed by atoms with Crippen LogP contribution in [-0.4, -0.2) is 44.2 Å². The second-order valence-corrected chi connectivity index (χ2v) is 5.59. The summed E-state index contributed by atoms with van der Waals surface area (Å²) in [6.45, 7) is 7.15. The Morgan fingerprint density at radius 3 is 2.79 bits per heavy atom. The summed E-state index contributed by atoms with van der Waals surface area (Å²) in [5, 5.41) is 3.43. The van der Waals surface area contributed by atoms with E-state index >= 15 is 0 Å². The number of rotatable bonds is 3. The van der Waals surface area contributed by atoms with E-state index < -0.39 is 5.97 Å². The zero-order valence-electron chi connectivity index (χ0n) is 11.4. The largest absolute Gasteiger partial charge is 0.463 e. The minimum absolute atomic E-state index is 0.332. The number of aryl methyl sites for hydroxylation is 1. The van der Waals surface area contributed by atoms with Crippen molar-refractivity contribution in [1.29, 1.82) is 0 Å². The van der Waals surface area contributed by atoms with Crippen molar-refractivity contribution in [1.82, 2.24) is 10.2 Å². The van der Waals surface area contributed by atoms with Crippen molar-refractivity contribution >= 4 is 5.97 Å². The zero-order chi connectivity index (χ0) is 13.4. The molecule has 0 aliphatic carbocycles. The average molecular weight is 264 g/mol. The summed E-state index contributed by atoms with van der Waals surface area (Å²) < 4.78 is 10.3. The minimum atomic E-state index is -0.397. The van der Waals surface area contributed by atoms with Gasteiger partial charge in [-0.1, -0.05) is 0 Å². The van der Waals surface area contributed by atoms with E-state index in [9.17, 15) is 4.79 Å². The molecular formula is C14H20N2O3. The lowest BCUT2D eigenvalue weighted by atomic mass is 10.0. The van der Waals surface area contributed by atoms with E-state index in [4.69, 9.17) is 9.15 Å². The maximum Gasteiger partial charge on any atom is 0.374 e. The highest BCUT2D eigenvalue weighted by Crippen LogP contribution is 2.28. The lowest BCUT2D eigenvalue weighted by Gasteiger charge is -2.14. The number of ether oxygens (including phenoxy) is 1. The number of hydrogen-bond donors (Lipinski definition) is 1. The first kappa shape index (κ1) is 12.7. The fraction of sp³-hybridized carbons (Fsp3) is 0.643. The predicted molar refractivity (Wildman–Crippen MR) is 69.9 cm³/mol. The van der Waals surface area contributed by atoms with E-state index in [0.29, 0.717) is 5.76 Å². The first-order valence-electron chi connectivity index (χ1n) is 6.78. The van der Waals surface area contributed by atoms with Crippen LogP contribution in [0.25, 0.3) is 0 Å². The van der Waals surface area contributed by atoms with Crippen LogP contribution in [0.3, 0.4) is 0 Å². The van der Waals surface area contributed by atoms with Crippen LogP contribution in [0.4, 0.5) is 0 Å². The van der Waals surface area contributed by atoms with E-state index in [2.05, 4.69) is 10.2 Å². The molecule has 2 atom stereocenters. The predicted octanol–water partition coefficient (Wildman–Crippen LogP) is 1.03. The summed E-state index contributed by atoms with van der Waals surface area (Å²) in [5.41, 5.74) is 0.850. The van der Waals surface area contributed by atoms with Gasteiger partial charge in [-0.25, -0.2) is 4.79 Å². The molecule has 3 heterocycles. The highest BCUT2D eigenvalue weighted by Gasteiger charge is 2.36. The monoisotopic (exact) mass is 264 g/mol. The van der Waals surface area contributed by atoms with Gasteiger partial charge in [0.1, 0.15) is 5.76 Å². The fourth-order valence-electron chi connectivity index (χ4n) is 3.22. The summed E-state index contributed by atoms with van der Waals surface area (Å²) in [6, 6.07) is 1.94. The molecule has 0 spiro atoms. The van der Waals surface area contributed by atoms with Crippen LogP contribution >= 0.6 is 0 Å². The average Bonchev–Trinajstić information content (AvgIpc) is 3.03. The summed E-state index contributed by atoms with van der Waals surface area (Å²) in [4.78, 5) is 13.9. The number of nitrogens with one attached hydrogen (secondary N) is 1. The molecule has 2 saturated heterocycles. The van der Waals surface area contributed by atoms with Crippen molar-refractivity contribution in [3.8, 4) is 0 Å². The van der Waals surface area contributed by atoms with Gasteiger partial charge in [-0.05, 0) is 37.9 Å². The van der Waals surface area contributed by atoms with Gasteiger partial charge in [-0.2, -0.15) is 0 Å². The van der Waals surface area contributed by atoms with Gasteiger partial charge in [-0.15, -0.1) is 0 Å². The lowest BCUT2D eigenvalue weighted by Crippen LogP contribution is -2.25. The standard InChI is InChI=1S/C14H20N2O3/c1-9-3-12(19-13(9)14(17)18-2)8-16-6-10-4-15-5-11(10)7-16/h3,10-11,15H,4-8H2,1-2H3/t10-,11+. The number of hydrogen-bond acceptors (Lipinski definition) is 5. The third-order valence-corrected chi connectivity index (χ3v) is 4.18. The maximum atomic E-state index is 11.5. The highest BCUT2D eigenvalue weighted by molar-refractivity contribution is 5.87. The van der Waals surface area contributed by atoms with Crippen molar-refractivity contribution in [3.05, 3.63) is 23.2 Å². The van der Waals surface area contributed by atoms with E-state index in [-0.39, 0.29) is 0 Å². The number of fused-ring (bicyclic) bond motifs is 1. The molecule has 2 aliphatic rings. The van der Waals surface area contributed by atoms with E-state index in [1.54, 1.807) is 0 Å². The van der Waals surface area contributed by atoms with Crippen LogP contribution in [0.15, 0.2) is 10.5 Å². The molecule has 0 unspecified atom stereocenters. The molecule has 2 aliphatic heterocycles. The minimum Gasteiger partial charge on any atom is -0.463 e. The summed E-state index contributed by atoms with van der Waals surface area (Å²) >= 11 is 0. The molecule has 2 fully saturated rings. The van der Waals surface area contributed by atoms with Crippen LogP contribution in [0, 0.1) is 18.8 Å². The molecule has 1 N–H and O–H groups in total. The number of carbonyl (C=O) groups excluding carboxylic acids is 1. The van der Waals surface area contributed by atoms with Gasteiger partial charge < -0.3 is 14.5 Å². The molecule has 19 heavy (non-hydrogen) atoms. The Kier molecular flexibility index (Phi) is 3.33. The summed E-state index contributed by atoms with van der Waals surface area (Å²) in [7, 11) is 1.37. The van der Waals surface area contributed by atoms with Crippen LogP contribution < -0.4 is 5.32 Å². The van der Waals surface area contributed by atoms with Gasteiger partial charge >= 0.3 is 5.97 Å². The van der Waals surface area contributed by atoms with Crippen molar-refractivity contribution in [2.45, 2.75) is 13.5 Å². The van der Waals surface area contributed by atoms with Gasteiger partial charge in [0.25, 0.3) is 0 Å². The Labute approximate surface area is 112 Å². The molecule has 0 aromatic carbocycles. The first-order chi connectivity index (χ1) is 9.17. The molecule has 104 valence electrons. The van der Waals surface area contributed by atoms with Gasteiger partial charge in [0.05, 0.1) is 13.7 Å². The number of esters is 1. The van der Waals surface area contributed by atoms with Crippen molar-refractivity contribution in [3.63, 3.8) is 0 Å². The first-order valence-corrected chi connectivity index (χ1v) is 6.78. The van der Waals surface area contributed by atoms with Crippen molar-refractivity contribution in [2.75, 3.05) is 33.3 Å². The molecule has 0 bridgehead atoms. The Morgan fingerprint density at radius 1 is 1.47 bits per heavy atom. The van der Waals surface area contributed by atoms with Crippen LogP contribution in [-0.2, 0) is 11.3 Å². The van der Waals surface area contributed by atoms with E-state index in [1.165, 1.54) is 7.11 Å². The van der Waals surface area contributed by atoms with Crippen LogP contribution in [0.5, 0.6) is 0 Å². The SMILES string of the molecule is COC(=O)c1oc(CN2C[C@H]3CNC[C@H]3C2)cc1C. The van der Waals surface area contributed by atoms with Crippen LogP contribution in [0.1, 0.15) is 21.9 Å². The number of methoxy groups -OCH3 is 1. The molecule has 3 rings (SSSR count). The lowest BCUT2D eigenvalue weighted by molar-refractivity contribution is 0.0560. The topological polar surface area (TPSA) is 54.7 Å². The van der Waals surface area contributed by atoms with Crippen LogP contribution in [0.2, 0.25) is 0 Å². The van der Waals surface area contributed by atoms with Crippen molar-refractivity contribution in [2.24, 2.45) is 11.8 Å². The quantitative estimate of drug-likeness (QED) is 0.826. The molecule has 5 heteroatoms. The number of nitrogens with zero attached hydrogens (tertiary/aromatic N) is 1. The van der Waals surface area contributed by atoms with E-state index in [1.807, 2.05) is 13.0 Å². The number of likely N-dealkylation sites (tertiary alicyclic amines) is 1. The Bertz CT molecular complexity index is 471. The fourth-order valence-corrected chi connectivity index (χ4v) is 3.22. The van der Waals surface area contributed by atoms with Gasteiger partial charge in [0.2, 0.25) is 5.76 Å². The second kappa shape index (κ2) is 4.98. The molecular weight excluding hydrogens is 244 g/mol. The normalized spacial score (nSPS) is 26.6. The van der Waals surface area contributed by atoms with E-state index in [0.717, 1.165) is 55.9 Å². The molecule has 0 amide bonds. The smallest absolute Gasteiger partial charge is 0.374 e. The zero-order valence-corrected chi connectivity index (χ0v) is 11.4. The molecule has 0 saturated carbocycles. The van der Waals surface area contributed by atoms with Gasteiger partial charge in [0.15, 0.2) is 0 Å². The maximum absolute atomic E-state index is 11.5. The third-order valence-electron chi connectivity index (χ3n) is 4.18. The number of carbonyl (C=O) groups is 1. The molecule has 0 radical (unpaired) electrons. The Balaban J connectivity index is 1.66. The highest BCUT2D eigenvalue weighted by atomic mass is 16.5. The van der Waals surface area contributed by atoms with Gasteiger partial charge in [0, 0.05) is 18.7 Å². The third kappa shape index (κ3) is 2.40. The molecule has 1 aromatic heterocycles. The number of furan rings is 1. The second-order valence-electron chi connectivity index (χ2n) is 5.59. The summed E-state index contributed by atoms with van der Waals surface area (Å²) in [6.07, 6.45) is 0. The molecule has 5 nitrogen and oxygen atoms in total. The summed E-state index contributed by atoms with van der Waals surface area (Å²) in [5.74, 6) is 2.34. The molecule has 1 aromatic rings. The van der Waals surface area contributed by atoms with Crippen molar-refractivity contribution < 1.29 is 13.9 Å². The Hall–Kier alpha value is -1.33.